The topological polar surface area (TPSA) is 71.4 Å². The molecule has 0 aromatic heterocycles. The Hall–Kier alpha value is -1.62. The molecule has 0 amide bonds. The van der Waals surface area contributed by atoms with Gasteiger partial charge >= 0.3 is 0 Å². The van der Waals surface area contributed by atoms with Crippen LogP contribution in [-0.4, -0.2) is 29.1 Å². The van der Waals surface area contributed by atoms with E-state index in [-0.39, 0.29) is 40.7 Å². The lowest BCUT2D eigenvalue weighted by atomic mass is 9.46. The van der Waals surface area contributed by atoms with Crippen molar-refractivity contribution in [3.8, 4) is 0 Å². The second kappa shape index (κ2) is 5.94. The van der Waals surface area contributed by atoms with E-state index in [4.69, 9.17) is 0 Å². The molecule has 27 heavy (non-hydrogen) atoms. The molecule has 4 rings (SSSR count). The van der Waals surface area contributed by atoms with Gasteiger partial charge in [-0.15, -0.1) is 0 Å². The number of hydrogen-bond donors (Lipinski definition) is 1. The molecule has 4 aliphatic carbocycles. The predicted octanol–water partition coefficient (Wildman–Crippen LogP) is 3.19. The molecule has 5 heteroatoms. The van der Waals surface area contributed by atoms with E-state index in [1.807, 2.05) is 6.92 Å². The number of aliphatic hydroxyl groups is 1. The molecule has 2 fully saturated rings. The predicted molar refractivity (Wildman–Crippen MR) is 97.2 cm³/mol. The average molecular weight is 374 g/mol. The highest BCUT2D eigenvalue weighted by Crippen LogP contribution is 2.66. The Morgan fingerprint density at radius 3 is 2.59 bits per heavy atom. The van der Waals surface area contributed by atoms with Crippen molar-refractivity contribution in [3.05, 3.63) is 23.6 Å². The highest BCUT2D eigenvalue weighted by Gasteiger charge is 2.62. The minimum Gasteiger partial charge on any atom is -0.389 e. The lowest BCUT2D eigenvalue weighted by Gasteiger charge is -2.57. The van der Waals surface area contributed by atoms with Crippen molar-refractivity contribution < 1.29 is 23.9 Å². The minimum atomic E-state index is -0.686. The normalized spacial score (nSPS) is 46.2. The lowest BCUT2D eigenvalue weighted by molar-refractivity contribution is -0.142. The SMILES string of the molecule is CC1C(=O)C(=O)C=C2C(F)=C[C@H]3[C@@H]4CC[C@H](C(=O)CO)[C@@]4(C)CC[C@@H]3[C@]21C. The molecule has 4 nitrogen and oxygen atoms in total. The Morgan fingerprint density at radius 1 is 1.22 bits per heavy atom. The standard InChI is InChI=1S/C22H27FO4/c1-11-20(27)18(25)9-16-17(23)8-12-13-4-5-15(19(26)10-24)21(13,2)7-6-14(12)22(11,16)3/h8-9,11-15,24H,4-7,10H2,1-3H3/t11?,12-,13-,14-,15+,21-,22+/m0/s1. The summed E-state index contributed by atoms with van der Waals surface area (Å²) in [6.07, 6.45) is 6.03. The van der Waals surface area contributed by atoms with Crippen LogP contribution in [-0.2, 0) is 14.4 Å². The van der Waals surface area contributed by atoms with Crippen molar-refractivity contribution in [3.63, 3.8) is 0 Å². The molecule has 0 heterocycles. The summed E-state index contributed by atoms with van der Waals surface area (Å²) in [4.78, 5) is 36.7. The third kappa shape index (κ3) is 2.27. The fraction of sp³-hybridized carbons (Fsp3) is 0.682. The van der Waals surface area contributed by atoms with Crippen LogP contribution in [0.1, 0.15) is 46.5 Å². The van der Waals surface area contributed by atoms with E-state index in [1.165, 1.54) is 6.08 Å². The van der Waals surface area contributed by atoms with Gasteiger partial charge in [-0.3, -0.25) is 14.4 Å². The van der Waals surface area contributed by atoms with E-state index in [0.29, 0.717) is 5.57 Å². The van der Waals surface area contributed by atoms with Crippen LogP contribution in [0.3, 0.4) is 0 Å². The number of halogens is 1. The number of ketones is 3. The summed E-state index contributed by atoms with van der Waals surface area (Å²) < 4.78 is 15.1. The van der Waals surface area contributed by atoms with Gasteiger partial charge in [-0.05, 0) is 66.6 Å². The van der Waals surface area contributed by atoms with Crippen molar-refractivity contribution in [1.29, 1.82) is 0 Å². The number of hydrogen-bond acceptors (Lipinski definition) is 4. The van der Waals surface area contributed by atoms with E-state index >= 15 is 4.39 Å². The van der Waals surface area contributed by atoms with Gasteiger partial charge in [0.1, 0.15) is 12.4 Å². The summed E-state index contributed by atoms with van der Waals surface area (Å²) in [5.41, 5.74) is -0.549. The maximum absolute atomic E-state index is 15.1. The summed E-state index contributed by atoms with van der Waals surface area (Å²) in [7, 11) is 0. The van der Waals surface area contributed by atoms with Gasteiger partial charge in [0.15, 0.2) is 5.78 Å². The maximum Gasteiger partial charge on any atom is 0.222 e. The number of Topliss-reactive ketones (excluding diaryl/α,β-unsaturated/α-hetero) is 2. The molecular formula is C22H27FO4. The van der Waals surface area contributed by atoms with Crippen molar-refractivity contribution >= 4 is 17.3 Å². The number of carbonyl (C=O) groups is 3. The van der Waals surface area contributed by atoms with Crippen molar-refractivity contribution in [1.82, 2.24) is 0 Å². The van der Waals surface area contributed by atoms with Gasteiger partial charge < -0.3 is 5.11 Å². The first-order valence-electron chi connectivity index (χ1n) is 9.97. The van der Waals surface area contributed by atoms with Crippen LogP contribution in [0.25, 0.3) is 0 Å². The van der Waals surface area contributed by atoms with Crippen LogP contribution < -0.4 is 0 Å². The molecule has 1 N–H and O–H groups in total. The molecule has 0 spiro atoms. The van der Waals surface area contributed by atoms with Gasteiger partial charge in [-0.1, -0.05) is 20.8 Å². The summed E-state index contributed by atoms with van der Waals surface area (Å²) in [6, 6.07) is 0. The second-order valence-corrected chi connectivity index (χ2v) is 9.39. The minimum absolute atomic E-state index is 0.0501. The molecule has 0 bridgehead atoms. The smallest absolute Gasteiger partial charge is 0.222 e. The zero-order valence-corrected chi connectivity index (χ0v) is 16.1. The summed E-state index contributed by atoms with van der Waals surface area (Å²) >= 11 is 0. The monoisotopic (exact) mass is 374 g/mol. The van der Waals surface area contributed by atoms with E-state index in [0.717, 1.165) is 25.7 Å². The molecular weight excluding hydrogens is 347 g/mol. The van der Waals surface area contributed by atoms with Crippen LogP contribution in [0.2, 0.25) is 0 Å². The largest absolute Gasteiger partial charge is 0.389 e. The number of fused-ring (bicyclic) bond motifs is 5. The van der Waals surface area contributed by atoms with E-state index in [1.54, 1.807) is 13.0 Å². The molecule has 146 valence electrons. The van der Waals surface area contributed by atoms with Gasteiger partial charge in [0, 0.05) is 17.3 Å². The number of rotatable bonds is 2. The fourth-order valence-electron chi connectivity index (χ4n) is 6.95. The first-order valence-corrected chi connectivity index (χ1v) is 9.97. The van der Waals surface area contributed by atoms with Crippen LogP contribution in [0.15, 0.2) is 23.6 Å². The van der Waals surface area contributed by atoms with Gasteiger partial charge in [0.2, 0.25) is 11.6 Å². The van der Waals surface area contributed by atoms with Gasteiger partial charge in [-0.25, -0.2) is 4.39 Å². The van der Waals surface area contributed by atoms with Gasteiger partial charge in [0.25, 0.3) is 0 Å². The molecule has 0 radical (unpaired) electrons. The third-order valence-electron chi connectivity index (χ3n) is 8.63. The van der Waals surface area contributed by atoms with Crippen molar-refractivity contribution in [2.45, 2.75) is 46.5 Å². The first-order chi connectivity index (χ1) is 12.7. The second-order valence-electron chi connectivity index (χ2n) is 9.39. The number of allylic oxidation sites excluding steroid dienone is 4. The van der Waals surface area contributed by atoms with Crippen LogP contribution in [0.4, 0.5) is 4.39 Å². The molecule has 4 aliphatic rings. The first kappa shape index (κ1) is 18.7. The summed E-state index contributed by atoms with van der Waals surface area (Å²) in [6.45, 7) is 5.36. The Labute approximate surface area is 158 Å². The molecule has 2 saturated carbocycles. The third-order valence-corrected chi connectivity index (χ3v) is 8.63. The van der Waals surface area contributed by atoms with E-state index in [9.17, 15) is 19.5 Å². The maximum atomic E-state index is 15.1. The van der Waals surface area contributed by atoms with Gasteiger partial charge in [-0.2, -0.15) is 0 Å². The molecule has 0 aliphatic heterocycles. The van der Waals surface area contributed by atoms with E-state index < -0.39 is 29.5 Å². The summed E-state index contributed by atoms with van der Waals surface area (Å²) in [5, 5.41) is 9.36. The Bertz CT molecular complexity index is 796. The Morgan fingerprint density at radius 2 is 1.93 bits per heavy atom. The van der Waals surface area contributed by atoms with Crippen LogP contribution in [0.5, 0.6) is 0 Å². The number of aliphatic hydroxyl groups excluding tert-OH is 1. The van der Waals surface area contributed by atoms with Crippen molar-refractivity contribution in [2.24, 2.45) is 40.4 Å². The molecule has 0 aromatic rings. The summed E-state index contributed by atoms with van der Waals surface area (Å²) in [5.74, 6) is -2.07. The number of carbonyl (C=O) groups excluding carboxylic acids is 3. The zero-order valence-electron chi connectivity index (χ0n) is 16.1. The quantitative estimate of drug-likeness (QED) is 0.754. The highest BCUT2D eigenvalue weighted by molar-refractivity contribution is 6.43. The molecule has 0 aromatic carbocycles. The van der Waals surface area contributed by atoms with E-state index in [2.05, 4.69) is 6.92 Å². The molecule has 0 saturated heterocycles. The van der Waals surface area contributed by atoms with Crippen LogP contribution in [0, 0.1) is 40.4 Å². The van der Waals surface area contributed by atoms with Crippen LogP contribution >= 0.6 is 0 Å². The fourth-order valence-corrected chi connectivity index (χ4v) is 6.95. The zero-order chi connectivity index (χ0) is 19.7. The van der Waals surface area contributed by atoms with Gasteiger partial charge in [0.05, 0.1) is 0 Å². The Balaban J connectivity index is 1.79. The Kier molecular flexibility index (Phi) is 4.12. The molecule has 7 atom stereocenters. The highest BCUT2D eigenvalue weighted by atomic mass is 19.1. The van der Waals surface area contributed by atoms with Crippen molar-refractivity contribution in [2.75, 3.05) is 6.61 Å². The average Bonchev–Trinajstić information content (AvgIpc) is 2.99. The lowest BCUT2D eigenvalue weighted by Crippen LogP contribution is -2.54. The molecule has 1 unspecified atom stereocenters.